The Morgan fingerprint density at radius 1 is 0.889 bits per heavy atom. The van der Waals surface area contributed by atoms with Crippen molar-refractivity contribution in [2.45, 2.75) is 88.6 Å². The second kappa shape index (κ2) is 14.1. The molecule has 1 aromatic rings. The van der Waals surface area contributed by atoms with Gasteiger partial charge < -0.3 is 10.2 Å². The molecule has 0 saturated carbocycles. The Morgan fingerprint density at radius 2 is 1.41 bits per heavy atom. The number of benzene rings is 1. The highest BCUT2D eigenvalue weighted by Gasteiger charge is 2.17. The highest BCUT2D eigenvalue weighted by atomic mass is 32.2. The van der Waals surface area contributed by atoms with E-state index in [1.165, 1.54) is 69.9 Å². The number of aliphatic hydroxyl groups excluding tert-OH is 2. The predicted molar refractivity (Wildman–Crippen MR) is 108 cm³/mol. The second-order valence-electron chi connectivity index (χ2n) is 7.15. The maximum atomic E-state index is 12.0. The van der Waals surface area contributed by atoms with Crippen LogP contribution in [0.4, 0.5) is 0 Å². The van der Waals surface area contributed by atoms with Crippen molar-refractivity contribution in [2.75, 3.05) is 13.2 Å². The molecule has 6 heteroatoms. The van der Waals surface area contributed by atoms with Crippen molar-refractivity contribution in [1.82, 2.24) is 0 Å². The number of aliphatic hydroxyl groups is 2. The summed E-state index contributed by atoms with van der Waals surface area (Å²) in [7, 11) is -3.90. The molecule has 0 fully saturated rings. The minimum atomic E-state index is -3.90. The van der Waals surface area contributed by atoms with Crippen molar-refractivity contribution in [3.63, 3.8) is 0 Å². The topological polar surface area (TPSA) is 83.8 Å². The zero-order chi connectivity index (χ0) is 20.0. The third-order valence-electron chi connectivity index (χ3n) is 4.66. The van der Waals surface area contributed by atoms with Gasteiger partial charge in [-0.1, -0.05) is 76.8 Å². The van der Waals surface area contributed by atoms with E-state index < -0.39 is 29.4 Å². The number of aryl methyl sites for hydroxylation is 1. The van der Waals surface area contributed by atoms with Gasteiger partial charge in [0.25, 0.3) is 10.1 Å². The fourth-order valence-electron chi connectivity index (χ4n) is 2.93. The van der Waals surface area contributed by atoms with Crippen LogP contribution in [0.5, 0.6) is 0 Å². The lowest BCUT2D eigenvalue weighted by molar-refractivity contribution is 0.0557. The first-order chi connectivity index (χ1) is 13.0. The van der Waals surface area contributed by atoms with Gasteiger partial charge in [-0.05, 0) is 30.5 Å². The van der Waals surface area contributed by atoms with Crippen LogP contribution in [-0.4, -0.2) is 37.9 Å². The summed E-state index contributed by atoms with van der Waals surface area (Å²) in [5, 5.41) is 17.9. The Kier molecular flexibility index (Phi) is 12.6. The Balaban J connectivity index is 2.21. The van der Waals surface area contributed by atoms with Crippen LogP contribution in [0.3, 0.4) is 0 Å². The molecule has 1 aromatic carbocycles. The summed E-state index contributed by atoms with van der Waals surface area (Å²) in [4.78, 5) is 0.0689. The van der Waals surface area contributed by atoms with Crippen LogP contribution in [0.1, 0.15) is 76.7 Å². The molecule has 0 spiro atoms. The van der Waals surface area contributed by atoms with Crippen molar-refractivity contribution < 1.29 is 22.8 Å². The van der Waals surface area contributed by atoms with E-state index in [0.29, 0.717) is 0 Å². The van der Waals surface area contributed by atoms with Crippen LogP contribution in [0.15, 0.2) is 29.2 Å². The molecule has 0 bridgehead atoms. The third-order valence-corrected chi connectivity index (χ3v) is 5.95. The minimum Gasteiger partial charge on any atom is -0.394 e. The monoisotopic (exact) mass is 400 g/mol. The summed E-state index contributed by atoms with van der Waals surface area (Å²) < 4.78 is 28.7. The van der Waals surface area contributed by atoms with Gasteiger partial charge >= 0.3 is 0 Å². The molecular weight excluding hydrogens is 364 g/mol. The van der Waals surface area contributed by atoms with Crippen LogP contribution in [0.25, 0.3) is 0 Å². The molecule has 0 aromatic heterocycles. The van der Waals surface area contributed by atoms with Gasteiger partial charge in [0.2, 0.25) is 0 Å². The predicted octanol–water partition coefficient (Wildman–Crippen LogP) is 4.21. The van der Waals surface area contributed by atoms with E-state index in [1.54, 1.807) is 0 Å². The Labute approximate surface area is 164 Å². The Hall–Kier alpha value is -0.950. The molecule has 0 aliphatic carbocycles. The fourth-order valence-corrected chi connectivity index (χ4v) is 3.87. The number of rotatable bonds is 16. The summed E-state index contributed by atoms with van der Waals surface area (Å²) in [6.45, 7) is 1.26. The highest BCUT2D eigenvalue weighted by molar-refractivity contribution is 7.86. The first-order valence-electron chi connectivity index (χ1n) is 10.3. The zero-order valence-corrected chi connectivity index (χ0v) is 17.4. The maximum Gasteiger partial charge on any atom is 0.297 e. The van der Waals surface area contributed by atoms with Gasteiger partial charge in [0.1, 0.15) is 6.10 Å². The SMILES string of the molecule is CCCCCCCCCCCCc1ccc(S(=O)(=O)OCC(O)CO)cc1. The smallest absolute Gasteiger partial charge is 0.297 e. The lowest BCUT2D eigenvalue weighted by atomic mass is 10.0. The lowest BCUT2D eigenvalue weighted by Gasteiger charge is -2.09. The van der Waals surface area contributed by atoms with Crippen LogP contribution < -0.4 is 0 Å². The molecule has 1 unspecified atom stereocenters. The van der Waals surface area contributed by atoms with E-state index in [9.17, 15) is 13.5 Å². The molecule has 2 N–H and O–H groups in total. The Morgan fingerprint density at radius 3 is 1.93 bits per heavy atom. The highest BCUT2D eigenvalue weighted by Crippen LogP contribution is 2.16. The molecule has 0 aliphatic rings. The first kappa shape index (κ1) is 24.1. The summed E-state index contributed by atoms with van der Waals surface area (Å²) in [5.41, 5.74) is 1.11. The molecule has 0 heterocycles. The molecule has 0 radical (unpaired) electrons. The van der Waals surface area contributed by atoms with Crippen molar-refractivity contribution in [3.05, 3.63) is 29.8 Å². The first-order valence-corrected chi connectivity index (χ1v) is 11.7. The number of hydrogen-bond acceptors (Lipinski definition) is 5. The van der Waals surface area contributed by atoms with E-state index in [4.69, 9.17) is 9.29 Å². The average Bonchev–Trinajstić information content (AvgIpc) is 2.68. The molecule has 5 nitrogen and oxygen atoms in total. The molecule has 27 heavy (non-hydrogen) atoms. The molecule has 0 amide bonds. The van der Waals surface area contributed by atoms with Crippen molar-refractivity contribution in [2.24, 2.45) is 0 Å². The molecule has 0 saturated heterocycles. The fraction of sp³-hybridized carbons (Fsp3) is 0.714. The van der Waals surface area contributed by atoms with Gasteiger partial charge in [-0.2, -0.15) is 8.42 Å². The largest absolute Gasteiger partial charge is 0.394 e. The zero-order valence-electron chi connectivity index (χ0n) is 16.6. The van der Waals surface area contributed by atoms with Crippen LogP contribution in [0, 0.1) is 0 Å². The molecule has 1 atom stereocenters. The van der Waals surface area contributed by atoms with Gasteiger partial charge in [-0.3, -0.25) is 4.18 Å². The third kappa shape index (κ3) is 10.8. The van der Waals surface area contributed by atoms with E-state index in [1.807, 2.05) is 12.1 Å². The van der Waals surface area contributed by atoms with Gasteiger partial charge in [0.05, 0.1) is 18.1 Å². The summed E-state index contributed by atoms with van der Waals surface area (Å²) in [6.07, 6.45) is 12.7. The van der Waals surface area contributed by atoms with E-state index >= 15 is 0 Å². The second-order valence-corrected chi connectivity index (χ2v) is 8.77. The standard InChI is InChI=1S/C21H36O5S/c1-2-3-4-5-6-7-8-9-10-11-12-19-13-15-21(16-14-19)27(24,25)26-18-20(23)17-22/h13-16,20,22-23H,2-12,17-18H2,1H3. The normalized spacial score (nSPS) is 13.0. The van der Waals surface area contributed by atoms with Crippen LogP contribution in [-0.2, 0) is 20.7 Å². The quantitative estimate of drug-likeness (QED) is 0.321. The summed E-state index contributed by atoms with van der Waals surface area (Å²) in [5.74, 6) is 0. The van der Waals surface area contributed by atoms with Crippen molar-refractivity contribution in [3.8, 4) is 0 Å². The van der Waals surface area contributed by atoms with E-state index in [-0.39, 0.29) is 4.90 Å². The van der Waals surface area contributed by atoms with E-state index in [0.717, 1.165) is 18.4 Å². The lowest BCUT2D eigenvalue weighted by Crippen LogP contribution is -2.22. The van der Waals surface area contributed by atoms with Gasteiger partial charge in [0, 0.05) is 0 Å². The number of hydrogen-bond donors (Lipinski definition) is 2. The minimum absolute atomic E-state index is 0.0689. The van der Waals surface area contributed by atoms with Crippen LogP contribution >= 0.6 is 0 Å². The van der Waals surface area contributed by atoms with Crippen molar-refractivity contribution in [1.29, 1.82) is 0 Å². The van der Waals surface area contributed by atoms with Gasteiger partial charge in [-0.25, -0.2) is 0 Å². The van der Waals surface area contributed by atoms with Crippen molar-refractivity contribution >= 4 is 10.1 Å². The van der Waals surface area contributed by atoms with E-state index in [2.05, 4.69) is 6.92 Å². The van der Waals surface area contributed by atoms with Gasteiger partial charge in [-0.15, -0.1) is 0 Å². The summed E-state index contributed by atoms with van der Waals surface area (Å²) >= 11 is 0. The molecule has 1 rings (SSSR count). The number of unbranched alkanes of at least 4 members (excludes halogenated alkanes) is 9. The van der Waals surface area contributed by atoms with Crippen LogP contribution in [0.2, 0.25) is 0 Å². The maximum absolute atomic E-state index is 12.0. The van der Waals surface area contributed by atoms with Gasteiger partial charge in [0.15, 0.2) is 0 Å². The summed E-state index contributed by atoms with van der Waals surface area (Å²) in [6, 6.07) is 6.69. The molecule has 0 aliphatic heterocycles. The molecular formula is C21H36O5S. The molecule has 156 valence electrons. The Bertz CT molecular complexity index is 583. The average molecular weight is 401 g/mol.